The van der Waals surface area contributed by atoms with Crippen LogP contribution in [0.2, 0.25) is 0 Å². The average molecular weight is 499 g/mol. The molecule has 196 valence electrons. The van der Waals surface area contributed by atoms with E-state index in [0.717, 1.165) is 35.7 Å². The van der Waals surface area contributed by atoms with E-state index in [0.29, 0.717) is 36.1 Å². The van der Waals surface area contributed by atoms with Gasteiger partial charge in [0.2, 0.25) is 5.89 Å². The fourth-order valence-corrected chi connectivity index (χ4v) is 3.47. The van der Waals surface area contributed by atoms with Crippen LogP contribution in [0.5, 0.6) is 11.5 Å². The summed E-state index contributed by atoms with van der Waals surface area (Å²) >= 11 is 0. The van der Waals surface area contributed by atoms with Gasteiger partial charge in [0.15, 0.2) is 11.6 Å². The van der Waals surface area contributed by atoms with Gasteiger partial charge in [-0.15, -0.1) is 0 Å². The van der Waals surface area contributed by atoms with Crippen molar-refractivity contribution in [2.75, 3.05) is 33.9 Å². The molecule has 0 spiro atoms. The third-order valence-electron chi connectivity index (χ3n) is 5.50. The van der Waals surface area contributed by atoms with Gasteiger partial charge in [0.1, 0.15) is 23.8 Å². The molecule has 0 amide bonds. The largest absolute Gasteiger partial charge is 0.497 e. The van der Waals surface area contributed by atoms with Gasteiger partial charge in [0.05, 0.1) is 13.7 Å². The van der Waals surface area contributed by atoms with Crippen molar-refractivity contribution in [1.82, 2.24) is 9.88 Å². The topological polar surface area (TPSA) is 116 Å². The van der Waals surface area contributed by atoms with E-state index in [-0.39, 0.29) is 12.4 Å². The molecule has 9 heteroatoms. The number of hydrogen-bond donors (Lipinski definition) is 2. The summed E-state index contributed by atoms with van der Waals surface area (Å²) in [6.45, 7) is 11.1. The predicted octanol–water partition coefficient (Wildman–Crippen LogP) is 4.83. The van der Waals surface area contributed by atoms with Crippen LogP contribution in [0.15, 0.2) is 52.0 Å². The minimum absolute atomic E-state index is 0.0569. The minimum Gasteiger partial charge on any atom is -0.497 e. The second kappa shape index (κ2) is 14.8. The summed E-state index contributed by atoms with van der Waals surface area (Å²) in [7, 11) is 3.32. The highest BCUT2D eigenvalue weighted by Crippen LogP contribution is 2.26. The summed E-state index contributed by atoms with van der Waals surface area (Å²) in [5.74, 6) is 2.65. The molecule has 0 atom stereocenters. The molecule has 9 nitrogen and oxygen atoms in total. The molecule has 0 aliphatic heterocycles. The number of aryl methyl sites for hydroxylation is 1. The second-order valence-corrected chi connectivity index (χ2v) is 7.73. The van der Waals surface area contributed by atoms with Gasteiger partial charge in [0.25, 0.3) is 0 Å². The van der Waals surface area contributed by atoms with E-state index in [1.54, 1.807) is 26.4 Å². The Hall–Kier alpha value is -3.56. The highest BCUT2D eigenvalue weighted by Gasteiger charge is 2.18. The van der Waals surface area contributed by atoms with Crippen molar-refractivity contribution >= 4 is 5.84 Å². The molecule has 0 aliphatic rings. The molecule has 0 fully saturated rings. The highest BCUT2D eigenvalue weighted by molar-refractivity contribution is 5.98. The van der Waals surface area contributed by atoms with Crippen molar-refractivity contribution < 1.29 is 23.8 Å². The molecular weight excluding hydrogens is 460 g/mol. The zero-order valence-corrected chi connectivity index (χ0v) is 22.1. The van der Waals surface area contributed by atoms with Crippen molar-refractivity contribution in [1.29, 1.82) is 0 Å². The molecule has 36 heavy (non-hydrogen) atoms. The van der Waals surface area contributed by atoms with E-state index in [9.17, 15) is 0 Å². The molecule has 1 aromatic heterocycles. The maximum atomic E-state index is 8.93. The Morgan fingerprint density at radius 2 is 1.81 bits per heavy atom. The number of nitrogens with zero attached hydrogens (tertiary/aromatic N) is 3. The molecule has 0 saturated heterocycles. The molecule has 1 heterocycles. The number of rotatable bonds is 12. The first-order valence-corrected chi connectivity index (χ1v) is 12.0. The Bertz CT molecular complexity index is 1100. The van der Waals surface area contributed by atoms with Gasteiger partial charge in [-0.1, -0.05) is 25.9 Å². The van der Waals surface area contributed by atoms with Crippen LogP contribution in [-0.4, -0.2) is 54.8 Å². The predicted molar refractivity (Wildman–Crippen MR) is 141 cm³/mol. The average Bonchev–Trinajstić information content (AvgIpc) is 3.33. The van der Waals surface area contributed by atoms with Crippen LogP contribution in [0.4, 0.5) is 0 Å². The summed E-state index contributed by atoms with van der Waals surface area (Å²) < 4.78 is 22.7. The number of amidine groups is 1. The maximum absolute atomic E-state index is 8.93. The number of ether oxygens (including phenoxy) is 3. The molecule has 0 bridgehead atoms. The molecule has 3 aromatic rings. The fraction of sp³-hybridized carbons (Fsp3) is 0.407. The molecule has 0 radical (unpaired) electrons. The van der Waals surface area contributed by atoms with E-state index in [2.05, 4.69) is 17.0 Å². The first-order valence-electron chi connectivity index (χ1n) is 12.0. The van der Waals surface area contributed by atoms with Crippen LogP contribution in [0.3, 0.4) is 0 Å². The van der Waals surface area contributed by atoms with E-state index in [1.165, 1.54) is 0 Å². The van der Waals surface area contributed by atoms with Gasteiger partial charge < -0.3 is 29.6 Å². The van der Waals surface area contributed by atoms with Crippen LogP contribution < -0.4 is 15.2 Å². The van der Waals surface area contributed by atoms with E-state index in [4.69, 9.17) is 34.6 Å². The van der Waals surface area contributed by atoms with E-state index < -0.39 is 0 Å². The van der Waals surface area contributed by atoms with Gasteiger partial charge in [0, 0.05) is 31.3 Å². The zero-order chi connectivity index (χ0) is 26.5. The van der Waals surface area contributed by atoms with Gasteiger partial charge >= 0.3 is 0 Å². The third-order valence-corrected chi connectivity index (χ3v) is 5.50. The van der Waals surface area contributed by atoms with Crippen LogP contribution in [-0.2, 0) is 17.9 Å². The lowest BCUT2D eigenvalue weighted by molar-refractivity contribution is 0.146. The van der Waals surface area contributed by atoms with E-state index in [1.807, 2.05) is 51.1 Å². The number of likely N-dealkylation sites (N-methyl/N-ethyl adjacent to an activating group) is 1. The van der Waals surface area contributed by atoms with E-state index >= 15 is 0 Å². The Morgan fingerprint density at radius 1 is 1.11 bits per heavy atom. The van der Waals surface area contributed by atoms with Crippen molar-refractivity contribution in [2.24, 2.45) is 10.9 Å². The Kier molecular flexibility index (Phi) is 11.7. The third kappa shape index (κ3) is 7.73. The first-order chi connectivity index (χ1) is 17.5. The molecular formula is C27H38N4O5. The lowest BCUT2D eigenvalue weighted by atomic mass is 10.1. The number of hydrogen-bond acceptors (Lipinski definition) is 8. The number of aromatic nitrogens is 1. The summed E-state index contributed by atoms with van der Waals surface area (Å²) in [4.78, 5) is 7.01. The van der Waals surface area contributed by atoms with Gasteiger partial charge in [-0.25, -0.2) is 4.98 Å². The number of benzene rings is 2. The lowest BCUT2D eigenvalue weighted by Crippen LogP contribution is -2.27. The molecule has 0 saturated carbocycles. The van der Waals surface area contributed by atoms with Crippen molar-refractivity contribution in [3.05, 3.63) is 65.0 Å². The van der Waals surface area contributed by atoms with Crippen LogP contribution in [0, 0.1) is 6.92 Å². The Morgan fingerprint density at radius 3 is 2.39 bits per heavy atom. The number of oxazole rings is 1. The van der Waals surface area contributed by atoms with Gasteiger partial charge in [-0.2, -0.15) is 0 Å². The van der Waals surface area contributed by atoms with Crippen molar-refractivity contribution in [3.63, 3.8) is 0 Å². The summed E-state index contributed by atoms with van der Waals surface area (Å²) in [5, 5.41) is 12.0. The SMILES string of the molecule is CC.CCN(CCOC)Cc1nc(-c2ccc(OC)cc2)oc1COc1ccc(/C(N)=N/O)c(C)c1. The van der Waals surface area contributed by atoms with Crippen LogP contribution in [0.25, 0.3) is 11.5 Å². The van der Waals surface area contributed by atoms with Gasteiger partial charge in [-0.3, -0.25) is 4.90 Å². The summed E-state index contributed by atoms with van der Waals surface area (Å²) in [6, 6.07) is 12.9. The Labute approximate surface area is 213 Å². The summed E-state index contributed by atoms with van der Waals surface area (Å²) in [6.07, 6.45) is 0. The van der Waals surface area contributed by atoms with Gasteiger partial charge in [-0.05, 0) is 61.5 Å². The smallest absolute Gasteiger partial charge is 0.226 e. The fourth-order valence-electron chi connectivity index (χ4n) is 3.47. The second-order valence-electron chi connectivity index (χ2n) is 7.73. The zero-order valence-electron chi connectivity index (χ0n) is 22.1. The number of nitrogens with two attached hydrogens (primary N) is 1. The van der Waals surface area contributed by atoms with Crippen LogP contribution in [0.1, 0.15) is 43.4 Å². The number of methoxy groups -OCH3 is 2. The molecule has 0 unspecified atom stereocenters. The quantitative estimate of drug-likeness (QED) is 0.158. The summed E-state index contributed by atoms with van der Waals surface area (Å²) in [5.41, 5.74) is 8.86. The van der Waals surface area contributed by atoms with Crippen LogP contribution >= 0.6 is 0 Å². The Balaban J connectivity index is 0.00000222. The highest BCUT2D eigenvalue weighted by atomic mass is 16.5. The molecule has 3 N–H and O–H groups in total. The van der Waals surface area contributed by atoms with Crippen molar-refractivity contribution in [3.8, 4) is 23.0 Å². The first kappa shape index (κ1) is 28.7. The van der Waals surface area contributed by atoms with Crippen molar-refractivity contribution in [2.45, 2.75) is 40.8 Å². The molecule has 3 rings (SSSR count). The standard InChI is InChI=1S/C25H32N4O5.C2H6/c1-5-29(12-13-31-3)15-22-23(34-25(27-22)18-6-8-19(32-4)9-7-18)16-33-20-10-11-21(17(2)14-20)24(26)28-30;1-2/h6-11,14,30H,5,12-13,15-16H2,1-4H3,(H2,26,28);1-2H3. The number of oxime groups is 1. The normalized spacial score (nSPS) is 11.2. The lowest BCUT2D eigenvalue weighted by Gasteiger charge is -2.19. The monoisotopic (exact) mass is 498 g/mol. The molecule has 0 aliphatic carbocycles. The minimum atomic E-state index is 0.0569. The maximum Gasteiger partial charge on any atom is 0.226 e. The molecule has 2 aromatic carbocycles.